The molecule has 0 spiro atoms. The summed E-state index contributed by atoms with van der Waals surface area (Å²) in [5.74, 6) is 1.97. The van der Waals surface area contributed by atoms with Crippen molar-refractivity contribution in [3.05, 3.63) is 35.9 Å². The lowest BCUT2D eigenvalue weighted by atomic mass is 10.2. The van der Waals surface area contributed by atoms with Crippen molar-refractivity contribution in [3.63, 3.8) is 0 Å². The third-order valence-electron chi connectivity index (χ3n) is 4.51. The maximum absolute atomic E-state index is 4.32. The Balaban J connectivity index is 1.99. The minimum atomic E-state index is 0.480. The van der Waals surface area contributed by atoms with Gasteiger partial charge >= 0.3 is 0 Å². The zero-order valence-electron chi connectivity index (χ0n) is 13.2. The van der Waals surface area contributed by atoms with Gasteiger partial charge in [-0.25, -0.2) is 0 Å². The first kappa shape index (κ1) is 13.9. The molecule has 0 N–H and O–H groups in total. The topological polar surface area (TPSA) is 37.2 Å². The molecule has 5 nitrogen and oxygen atoms in total. The first-order valence-corrected chi connectivity index (χ1v) is 7.49. The first-order valence-electron chi connectivity index (χ1n) is 7.49. The Bertz CT molecular complexity index is 633. The van der Waals surface area contributed by atoms with E-state index in [0.29, 0.717) is 6.04 Å². The molecule has 2 heterocycles. The van der Waals surface area contributed by atoms with Crippen LogP contribution in [0, 0.1) is 6.92 Å². The number of hydrogen-bond donors (Lipinski definition) is 0. The van der Waals surface area contributed by atoms with Gasteiger partial charge in [0.25, 0.3) is 0 Å². The van der Waals surface area contributed by atoms with Crippen LogP contribution in [0.15, 0.2) is 24.3 Å². The lowest BCUT2D eigenvalue weighted by Gasteiger charge is -2.30. The van der Waals surface area contributed by atoms with Crippen LogP contribution in [0.3, 0.4) is 0 Å². The van der Waals surface area contributed by atoms with Gasteiger partial charge in [0.1, 0.15) is 5.82 Å². The van der Waals surface area contributed by atoms with Gasteiger partial charge in [0, 0.05) is 26.7 Å². The number of para-hydroxylation sites is 2. The second-order valence-corrected chi connectivity index (χ2v) is 5.90. The second kappa shape index (κ2) is 5.39. The Morgan fingerprint density at radius 2 is 1.86 bits per heavy atom. The summed E-state index contributed by atoms with van der Waals surface area (Å²) in [5.41, 5.74) is 2.58. The summed E-state index contributed by atoms with van der Waals surface area (Å²) in [5, 5.41) is 8.50. The number of benzene rings is 1. The normalized spacial score (nSPS) is 18.6. The van der Waals surface area contributed by atoms with E-state index in [1.807, 2.05) is 14.0 Å². The number of anilines is 2. The van der Waals surface area contributed by atoms with E-state index < -0.39 is 0 Å². The summed E-state index contributed by atoms with van der Waals surface area (Å²) >= 11 is 0. The van der Waals surface area contributed by atoms with Gasteiger partial charge in [0.05, 0.1) is 17.9 Å². The standard InChI is InChI=1S/C16H23N5/c1-12-9-10-19(3)14-7-5-6-8-15(14)21(12)11-16-18-17-13(2)20(16)4/h5-8,12H,9-11H2,1-4H3/t12-/m0/s1. The maximum atomic E-state index is 4.32. The predicted molar refractivity (Wildman–Crippen MR) is 85.7 cm³/mol. The predicted octanol–water partition coefficient (Wildman–Crippen LogP) is 2.36. The van der Waals surface area contributed by atoms with Crippen LogP contribution in [-0.2, 0) is 13.6 Å². The Labute approximate surface area is 126 Å². The molecule has 1 aromatic heterocycles. The van der Waals surface area contributed by atoms with E-state index in [1.165, 1.54) is 11.4 Å². The number of nitrogens with zero attached hydrogens (tertiary/aromatic N) is 5. The molecule has 1 atom stereocenters. The van der Waals surface area contributed by atoms with E-state index >= 15 is 0 Å². The van der Waals surface area contributed by atoms with E-state index in [1.54, 1.807) is 0 Å². The van der Waals surface area contributed by atoms with Crippen LogP contribution in [0.5, 0.6) is 0 Å². The van der Waals surface area contributed by atoms with Gasteiger partial charge in [0.2, 0.25) is 0 Å². The van der Waals surface area contributed by atoms with Crippen molar-refractivity contribution in [2.75, 3.05) is 23.4 Å². The molecule has 0 saturated carbocycles. The lowest BCUT2D eigenvalue weighted by Crippen LogP contribution is -2.33. The van der Waals surface area contributed by atoms with Crippen LogP contribution in [0.25, 0.3) is 0 Å². The molecule has 3 rings (SSSR count). The molecule has 112 valence electrons. The van der Waals surface area contributed by atoms with E-state index in [0.717, 1.165) is 31.2 Å². The molecule has 1 aliphatic heterocycles. The largest absolute Gasteiger partial charge is 0.373 e. The molecule has 1 aliphatic rings. The Morgan fingerprint density at radius 1 is 1.14 bits per heavy atom. The van der Waals surface area contributed by atoms with Crippen molar-refractivity contribution in [3.8, 4) is 0 Å². The third-order valence-corrected chi connectivity index (χ3v) is 4.51. The quantitative estimate of drug-likeness (QED) is 0.849. The molecule has 0 fully saturated rings. The van der Waals surface area contributed by atoms with Crippen LogP contribution in [0.2, 0.25) is 0 Å². The minimum absolute atomic E-state index is 0.480. The summed E-state index contributed by atoms with van der Waals surface area (Å²) in [4.78, 5) is 4.79. The highest BCUT2D eigenvalue weighted by Gasteiger charge is 2.24. The number of rotatable bonds is 2. The van der Waals surface area contributed by atoms with Crippen LogP contribution in [0.4, 0.5) is 11.4 Å². The monoisotopic (exact) mass is 285 g/mol. The van der Waals surface area contributed by atoms with Gasteiger partial charge in [-0.1, -0.05) is 12.1 Å². The van der Waals surface area contributed by atoms with Crippen molar-refractivity contribution < 1.29 is 0 Å². The van der Waals surface area contributed by atoms with Gasteiger partial charge in [-0.2, -0.15) is 0 Å². The van der Waals surface area contributed by atoms with Gasteiger partial charge in [-0.3, -0.25) is 0 Å². The number of aromatic nitrogens is 3. The van der Waals surface area contributed by atoms with E-state index in [4.69, 9.17) is 0 Å². The maximum Gasteiger partial charge on any atom is 0.152 e. The van der Waals surface area contributed by atoms with Crippen molar-refractivity contribution in [2.45, 2.75) is 32.9 Å². The Kier molecular flexibility index (Phi) is 3.57. The smallest absolute Gasteiger partial charge is 0.152 e. The highest BCUT2D eigenvalue weighted by Crippen LogP contribution is 2.34. The van der Waals surface area contributed by atoms with E-state index in [-0.39, 0.29) is 0 Å². The average Bonchev–Trinajstić information content (AvgIpc) is 2.75. The minimum Gasteiger partial charge on any atom is -0.373 e. The van der Waals surface area contributed by atoms with Crippen LogP contribution in [0.1, 0.15) is 25.0 Å². The highest BCUT2D eigenvalue weighted by molar-refractivity contribution is 5.72. The zero-order valence-corrected chi connectivity index (χ0v) is 13.2. The Morgan fingerprint density at radius 3 is 2.52 bits per heavy atom. The molecule has 0 amide bonds. The zero-order chi connectivity index (χ0) is 15.0. The summed E-state index contributed by atoms with van der Waals surface area (Å²) in [6.45, 7) is 6.15. The summed E-state index contributed by atoms with van der Waals surface area (Å²) < 4.78 is 2.07. The van der Waals surface area contributed by atoms with Crippen molar-refractivity contribution in [1.29, 1.82) is 0 Å². The molecule has 1 aromatic carbocycles. The third kappa shape index (κ3) is 2.48. The van der Waals surface area contributed by atoms with Crippen molar-refractivity contribution >= 4 is 11.4 Å². The van der Waals surface area contributed by atoms with Gasteiger partial charge in [-0.05, 0) is 32.4 Å². The molecule has 21 heavy (non-hydrogen) atoms. The average molecular weight is 285 g/mol. The lowest BCUT2D eigenvalue weighted by molar-refractivity contribution is 0.582. The van der Waals surface area contributed by atoms with Crippen molar-refractivity contribution in [2.24, 2.45) is 7.05 Å². The fraction of sp³-hybridized carbons (Fsp3) is 0.500. The Hall–Kier alpha value is -2.04. The highest BCUT2D eigenvalue weighted by atomic mass is 15.3. The van der Waals surface area contributed by atoms with Gasteiger partial charge in [-0.15, -0.1) is 10.2 Å². The molecule has 0 aliphatic carbocycles. The summed E-state index contributed by atoms with van der Waals surface area (Å²) in [6.07, 6.45) is 1.14. The molecule has 2 aromatic rings. The van der Waals surface area contributed by atoms with Crippen LogP contribution in [-0.4, -0.2) is 34.4 Å². The molecule has 5 heteroatoms. The van der Waals surface area contributed by atoms with E-state index in [9.17, 15) is 0 Å². The van der Waals surface area contributed by atoms with Gasteiger partial charge < -0.3 is 14.4 Å². The summed E-state index contributed by atoms with van der Waals surface area (Å²) in [7, 11) is 4.20. The molecule has 0 radical (unpaired) electrons. The molecule has 0 unspecified atom stereocenters. The molecule has 0 saturated heterocycles. The van der Waals surface area contributed by atoms with E-state index in [2.05, 4.69) is 62.8 Å². The molecule has 0 bridgehead atoms. The van der Waals surface area contributed by atoms with Gasteiger partial charge in [0.15, 0.2) is 5.82 Å². The van der Waals surface area contributed by atoms with Crippen LogP contribution >= 0.6 is 0 Å². The SMILES string of the molecule is Cc1nnc(CN2c3ccccc3N(C)CC[C@@H]2C)n1C. The number of fused-ring (bicyclic) bond motifs is 1. The van der Waals surface area contributed by atoms with Crippen molar-refractivity contribution in [1.82, 2.24) is 14.8 Å². The second-order valence-electron chi connectivity index (χ2n) is 5.90. The first-order chi connectivity index (χ1) is 10.1. The van der Waals surface area contributed by atoms with Crippen LogP contribution < -0.4 is 9.80 Å². The number of aryl methyl sites for hydroxylation is 1. The summed E-state index contributed by atoms with van der Waals surface area (Å²) in [6, 6.07) is 9.10. The number of hydrogen-bond acceptors (Lipinski definition) is 4. The fourth-order valence-electron chi connectivity index (χ4n) is 2.91. The molecular formula is C16H23N5. The molecular weight excluding hydrogens is 262 g/mol. The fourth-order valence-corrected chi connectivity index (χ4v) is 2.91.